The third-order valence-electron chi connectivity index (χ3n) is 17.1. The summed E-state index contributed by atoms with van der Waals surface area (Å²) < 4.78 is 0. The zero-order chi connectivity index (χ0) is 34.4. The van der Waals surface area contributed by atoms with Crippen molar-refractivity contribution < 1.29 is 0 Å². The van der Waals surface area contributed by atoms with Gasteiger partial charge in [0.2, 0.25) is 0 Å². The van der Waals surface area contributed by atoms with Crippen LogP contribution in [-0.2, 0) is 0 Å². The lowest BCUT2D eigenvalue weighted by Gasteiger charge is -2.54. The molecule has 52 heavy (non-hydrogen) atoms. The number of hydrogen-bond acceptors (Lipinski definition) is 2. The fraction of sp³-hybridized carbons (Fsp3) is 0.740. The van der Waals surface area contributed by atoms with E-state index in [1.807, 2.05) is 22.3 Å². The highest BCUT2D eigenvalue weighted by molar-refractivity contribution is 5.88. The largest absolute Gasteiger partial charge is 0.347 e. The molecule has 2 heteroatoms. The monoisotopic (exact) mass is 699 g/mol. The molecule has 1 N–H and O–H groups in total. The molecule has 1 heterocycles. The van der Waals surface area contributed by atoms with E-state index in [1.54, 1.807) is 48.9 Å². The van der Waals surface area contributed by atoms with Crippen LogP contribution in [0.2, 0.25) is 0 Å². The quantitative estimate of drug-likeness (QED) is 0.304. The van der Waals surface area contributed by atoms with Crippen molar-refractivity contribution in [3.8, 4) is 0 Å². The highest BCUT2D eigenvalue weighted by atomic mass is 15.1. The van der Waals surface area contributed by atoms with Crippen LogP contribution in [-0.4, -0.2) is 11.9 Å². The number of allylic oxidation sites excluding steroid dienone is 10. The molecule has 10 atom stereocenters. The summed E-state index contributed by atoms with van der Waals surface area (Å²) in [7, 11) is 0. The lowest BCUT2D eigenvalue weighted by atomic mass is 9.51. The molecule has 6 fully saturated rings. The second kappa shape index (κ2) is 15.2. The van der Waals surface area contributed by atoms with Crippen LogP contribution in [0, 0.1) is 53.3 Å². The molecule has 0 aromatic heterocycles. The Morgan fingerprint density at radius 1 is 0.558 bits per heavy atom. The molecule has 0 spiro atoms. The van der Waals surface area contributed by atoms with Crippen molar-refractivity contribution in [1.82, 2.24) is 5.32 Å². The number of amidine groups is 1. The van der Waals surface area contributed by atoms with Crippen molar-refractivity contribution in [2.45, 2.75) is 179 Å². The number of nitrogens with zero attached hydrogens (tertiary/aromatic N) is 1. The van der Waals surface area contributed by atoms with E-state index in [9.17, 15) is 0 Å². The Bertz CT molecular complexity index is 1580. The Kier molecular flexibility index (Phi) is 10.1. The molecule has 10 unspecified atom stereocenters. The van der Waals surface area contributed by atoms with Gasteiger partial charge in [-0.05, 0) is 203 Å². The number of hydrogen-bond donors (Lipinski definition) is 1. The summed E-state index contributed by atoms with van der Waals surface area (Å²) in [5.74, 6) is 9.63. The van der Waals surface area contributed by atoms with Gasteiger partial charge < -0.3 is 5.32 Å². The summed E-state index contributed by atoms with van der Waals surface area (Å²) in [6.07, 6.45) is 50.7. The SMILES string of the molecule is C1=CCCC(C2C=C(C3CCCC(C4CC5CCCCC5C5CCCCC45)C3)NC(C3CCC=C(C4=C5CCCCC5=C5CCCCC5C4)C3)=N2)=C1. The van der Waals surface area contributed by atoms with Gasteiger partial charge in [-0.2, -0.15) is 0 Å². The van der Waals surface area contributed by atoms with Gasteiger partial charge in [-0.25, -0.2) is 0 Å². The number of rotatable bonds is 5. The molecule has 0 saturated heterocycles. The Morgan fingerprint density at radius 3 is 2.19 bits per heavy atom. The van der Waals surface area contributed by atoms with Crippen LogP contribution >= 0.6 is 0 Å². The summed E-state index contributed by atoms with van der Waals surface area (Å²) in [4.78, 5) is 5.68. The molecule has 0 aromatic carbocycles. The molecular formula is C50H70N2. The number of fused-ring (bicyclic) bond motifs is 5. The van der Waals surface area contributed by atoms with E-state index in [0.29, 0.717) is 11.8 Å². The van der Waals surface area contributed by atoms with Crippen molar-refractivity contribution >= 4 is 5.84 Å². The fourth-order valence-corrected chi connectivity index (χ4v) is 14.8. The third-order valence-corrected chi connectivity index (χ3v) is 17.1. The lowest BCUT2D eigenvalue weighted by Crippen LogP contribution is -2.46. The molecule has 280 valence electrons. The van der Waals surface area contributed by atoms with E-state index >= 15 is 0 Å². The van der Waals surface area contributed by atoms with Gasteiger partial charge in [0.1, 0.15) is 5.84 Å². The van der Waals surface area contributed by atoms with Crippen molar-refractivity contribution in [3.63, 3.8) is 0 Å². The first-order chi connectivity index (χ1) is 25.8. The second-order valence-corrected chi connectivity index (χ2v) is 19.8. The summed E-state index contributed by atoms with van der Waals surface area (Å²) in [5, 5.41) is 4.23. The molecule has 0 radical (unpaired) electrons. The van der Waals surface area contributed by atoms with E-state index in [1.165, 1.54) is 147 Å². The van der Waals surface area contributed by atoms with Crippen LogP contribution in [0.1, 0.15) is 173 Å². The molecule has 9 aliphatic carbocycles. The molecule has 0 bridgehead atoms. The Hall–Kier alpha value is -2.09. The molecule has 0 amide bonds. The molecule has 2 nitrogen and oxygen atoms in total. The van der Waals surface area contributed by atoms with E-state index < -0.39 is 0 Å². The topological polar surface area (TPSA) is 24.4 Å². The Balaban J connectivity index is 0.903. The first-order valence-electron chi connectivity index (χ1n) is 23.3. The molecule has 10 rings (SSSR count). The Morgan fingerprint density at radius 2 is 1.31 bits per heavy atom. The second-order valence-electron chi connectivity index (χ2n) is 19.8. The standard InChI is InChI=1S/C50H70N2/c1-2-14-33(15-3-1)48-32-49(38-20-12-18-34(28-38)46-30-36-16-4-6-22-40(36)42-24-8-10-26-44(42)46)52-50(51-48)39-21-13-19-35(29-39)47-31-37-17-5-7-23-41(37)43-25-9-11-27-45(43)47/h1-2,14,19,32,34,36-40,42,44,46,48H,3-13,15-18,20-31H2,(H,51,52). The van der Waals surface area contributed by atoms with Crippen LogP contribution in [0.5, 0.6) is 0 Å². The fourth-order valence-electron chi connectivity index (χ4n) is 14.8. The van der Waals surface area contributed by atoms with Crippen LogP contribution in [0.4, 0.5) is 0 Å². The van der Waals surface area contributed by atoms with Gasteiger partial charge in [0, 0.05) is 11.6 Å². The lowest BCUT2D eigenvalue weighted by molar-refractivity contribution is -0.0445. The van der Waals surface area contributed by atoms with E-state index in [4.69, 9.17) is 4.99 Å². The highest BCUT2D eigenvalue weighted by Gasteiger charge is 2.48. The third kappa shape index (κ3) is 6.65. The average molecular weight is 699 g/mol. The maximum atomic E-state index is 5.68. The first kappa shape index (κ1) is 34.4. The van der Waals surface area contributed by atoms with Gasteiger partial charge in [0.05, 0.1) is 6.04 Å². The van der Waals surface area contributed by atoms with Gasteiger partial charge in [-0.3, -0.25) is 4.99 Å². The summed E-state index contributed by atoms with van der Waals surface area (Å²) >= 11 is 0. The maximum Gasteiger partial charge on any atom is 0.105 e. The smallest absolute Gasteiger partial charge is 0.105 e. The summed E-state index contributed by atoms with van der Waals surface area (Å²) in [6, 6.07) is 0.237. The zero-order valence-electron chi connectivity index (χ0n) is 32.7. The van der Waals surface area contributed by atoms with E-state index in [2.05, 4.69) is 35.7 Å². The van der Waals surface area contributed by atoms with Gasteiger partial charge in [0.25, 0.3) is 0 Å². The van der Waals surface area contributed by atoms with Crippen molar-refractivity contribution in [2.24, 2.45) is 58.3 Å². The van der Waals surface area contributed by atoms with Gasteiger partial charge >= 0.3 is 0 Å². The molecular weight excluding hydrogens is 629 g/mol. The van der Waals surface area contributed by atoms with Gasteiger partial charge in [0.15, 0.2) is 0 Å². The molecule has 6 saturated carbocycles. The van der Waals surface area contributed by atoms with Crippen LogP contribution in [0.3, 0.4) is 0 Å². The Labute approximate surface area is 317 Å². The minimum absolute atomic E-state index is 0.237. The van der Waals surface area contributed by atoms with Crippen molar-refractivity contribution in [1.29, 1.82) is 0 Å². The first-order valence-corrected chi connectivity index (χ1v) is 23.3. The zero-order valence-corrected chi connectivity index (χ0v) is 32.7. The average Bonchev–Trinajstić information content (AvgIpc) is 3.23. The molecule has 10 aliphatic rings. The molecule has 0 aromatic rings. The molecule has 1 aliphatic heterocycles. The maximum absolute atomic E-state index is 5.68. The highest BCUT2D eigenvalue weighted by Crippen LogP contribution is 2.58. The van der Waals surface area contributed by atoms with E-state index in [0.717, 1.165) is 41.4 Å². The predicted octanol–water partition coefficient (Wildman–Crippen LogP) is 13.4. The summed E-state index contributed by atoms with van der Waals surface area (Å²) in [5.41, 5.74) is 12.2. The summed E-state index contributed by atoms with van der Waals surface area (Å²) in [6.45, 7) is 0. The van der Waals surface area contributed by atoms with Gasteiger partial charge in [-0.1, -0.05) is 81.2 Å². The normalized spacial score (nSPS) is 40.9. The minimum Gasteiger partial charge on any atom is -0.347 e. The number of nitrogens with one attached hydrogen (secondary N) is 1. The van der Waals surface area contributed by atoms with Crippen molar-refractivity contribution in [2.75, 3.05) is 0 Å². The number of aliphatic imine (C=N–C) groups is 1. The predicted molar refractivity (Wildman–Crippen MR) is 218 cm³/mol. The van der Waals surface area contributed by atoms with Gasteiger partial charge in [-0.15, -0.1) is 0 Å². The van der Waals surface area contributed by atoms with Crippen LogP contribution in [0.15, 0.2) is 74.5 Å². The van der Waals surface area contributed by atoms with E-state index in [-0.39, 0.29) is 6.04 Å². The van der Waals surface area contributed by atoms with Crippen LogP contribution < -0.4 is 5.32 Å². The minimum atomic E-state index is 0.237. The van der Waals surface area contributed by atoms with Crippen LogP contribution in [0.25, 0.3) is 0 Å². The van der Waals surface area contributed by atoms with Crippen molar-refractivity contribution in [3.05, 3.63) is 69.5 Å².